The van der Waals surface area contributed by atoms with Gasteiger partial charge in [-0.15, -0.1) is 0 Å². The van der Waals surface area contributed by atoms with Gasteiger partial charge in [-0.1, -0.05) is 0 Å². The second kappa shape index (κ2) is 13.4. The van der Waals surface area contributed by atoms with Gasteiger partial charge in [0.2, 0.25) is 0 Å². The molecule has 0 bridgehead atoms. The summed E-state index contributed by atoms with van der Waals surface area (Å²) in [6, 6.07) is 0. The summed E-state index contributed by atoms with van der Waals surface area (Å²) in [4.78, 5) is 51.3. The number of nitrogens with zero attached hydrogens (tertiary/aromatic N) is 1. The molecule has 29 heavy (non-hydrogen) atoms. The van der Waals surface area contributed by atoms with Crippen molar-refractivity contribution in [2.75, 3.05) is 6.61 Å². The Balaban J connectivity index is 0. The molecule has 3 radical (unpaired) electrons. The summed E-state index contributed by atoms with van der Waals surface area (Å²) in [6.45, 7) is -0.905. The molecule has 1 aromatic heterocycles. The molecular weight excluding hydrogens is 586 g/mol. The molecule has 20 heteroatoms. The largest absolute Gasteiger partial charge is 0.481 e. The minimum Gasteiger partial charge on any atom is -0.387 e. The van der Waals surface area contributed by atoms with Gasteiger partial charge in [0, 0.05) is 94.9 Å². The molecule has 2 rings (SSSR count). The van der Waals surface area contributed by atoms with Crippen LogP contribution in [-0.4, -0.2) is 148 Å². The Labute approximate surface area is 242 Å². The van der Waals surface area contributed by atoms with Crippen LogP contribution in [0.3, 0.4) is 0 Å². The van der Waals surface area contributed by atoms with Gasteiger partial charge in [0.15, 0.2) is 6.23 Å². The van der Waals surface area contributed by atoms with E-state index >= 15 is 0 Å². The van der Waals surface area contributed by atoms with Gasteiger partial charge in [-0.25, -0.2) is 13.9 Å². The van der Waals surface area contributed by atoms with Crippen molar-refractivity contribution >= 4 is 127 Å². The molecule has 151 valence electrons. The number of hydrogen-bond donors (Lipinski definition) is 6. The van der Waals surface area contributed by atoms with Gasteiger partial charge in [0.05, 0.1) is 10.2 Å². The fourth-order valence-electron chi connectivity index (χ4n) is 2.07. The van der Waals surface area contributed by atoms with Crippen molar-refractivity contribution in [1.29, 1.82) is 0 Å². The van der Waals surface area contributed by atoms with Crippen molar-refractivity contribution in [3.8, 4) is 0 Å². The van der Waals surface area contributed by atoms with Gasteiger partial charge in [-0.2, -0.15) is 4.31 Å². The third-order valence-electron chi connectivity index (χ3n) is 3.15. The van der Waals surface area contributed by atoms with Crippen LogP contribution >= 0.6 is 38.2 Å². The normalized spacial score (nSPS) is 25.9. The summed E-state index contributed by atoms with van der Waals surface area (Å²) < 4.78 is 35.9. The number of phosphoric ester groups is 1. The maximum Gasteiger partial charge on any atom is 0.481 e. The Morgan fingerprint density at radius 1 is 1.14 bits per heavy atom. The maximum absolute atomic E-state index is 11.8. The van der Waals surface area contributed by atoms with E-state index < -0.39 is 58.0 Å². The molecule has 14 nitrogen and oxygen atoms in total. The fourth-order valence-corrected chi connectivity index (χ4v) is 4.11. The summed E-state index contributed by atoms with van der Waals surface area (Å²) in [5, 5.41) is 19.9. The van der Waals surface area contributed by atoms with Crippen molar-refractivity contribution in [1.82, 2.24) is 9.55 Å². The number of halogens is 1. The molecular formula is C9H13IN2Na3O12P2. The van der Waals surface area contributed by atoms with Gasteiger partial charge in [-0.3, -0.25) is 18.9 Å². The number of H-pyrrole nitrogens is 1. The maximum atomic E-state index is 11.8. The number of nitrogens with one attached hydrogen (secondary N) is 1. The smallest absolute Gasteiger partial charge is 0.387 e. The molecule has 6 N–H and O–H groups in total. The second-order valence-electron chi connectivity index (χ2n) is 5.03. The minimum atomic E-state index is -5.32. The molecule has 1 aromatic rings. The number of aromatic nitrogens is 2. The number of aliphatic hydroxyl groups excluding tert-OH is 2. The van der Waals surface area contributed by atoms with Crippen molar-refractivity contribution in [2.24, 2.45) is 0 Å². The van der Waals surface area contributed by atoms with E-state index in [4.69, 9.17) is 14.5 Å². The fraction of sp³-hybridized carbons (Fsp3) is 0.556. The monoisotopic (exact) mass is 599 g/mol. The Hall–Kier alpha value is 2.55. The molecule has 0 aromatic carbocycles. The van der Waals surface area contributed by atoms with Crippen LogP contribution in [0.4, 0.5) is 0 Å². The molecule has 1 aliphatic heterocycles. The Bertz CT molecular complexity index is 892. The van der Waals surface area contributed by atoms with Gasteiger partial charge < -0.3 is 29.6 Å². The first-order valence-electron chi connectivity index (χ1n) is 6.57. The van der Waals surface area contributed by atoms with Crippen LogP contribution in [0.15, 0.2) is 15.8 Å². The third-order valence-corrected chi connectivity index (χ3v) is 6.07. The molecule has 1 aliphatic rings. The van der Waals surface area contributed by atoms with Gasteiger partial charge in [0.25, 0.3) is 5.56 Å². The Morgan fingerprint density at radius 2 is 1.69 bits per heavy atom. The minimum absolute atomic E-state index is 0. The molecule has 0 spiro atoms. The van der Waals surface area contributed by atoms with E-state index in [1.54, 1.807) is 22.6 Å². The van der Waals surface area contributed by atoms with Crippen molar-refractivity contribution in [3.63, 3.8) is 0 Å². The SMILES string of the molecule is O=c1[nH]c(=O)n([C@@H]2O[C@H](COP(=O)(O)OP(=O)(O)O)[C@@H](O)[C@H]2O)cc1I.[Na].[Na].[Na]. The van der Waals surface area contributed by atoms with Gasteiger partial charge >= 0.3 is 21.3 Å². The van der Waals surface area contributed by atoms with Crippen LogP contribution in [0.5, 0.6) is 0 Å². The van der Waals surface area contributed by atoms with Crippen LogP contribution in [0.2, 0.25) is 0 Å². The summed E-state index contributed by atoms with van der Waals surface area (Å²) in [7, 11) is -10.5. The van der Waals surface area contributed by atoms with Crippen LogP contribution in [0.25, 0.3) is 0 Å². The van der Waals surface area contributed by atoms with E-state index in [1.807, 2.05) is 4.98 Å². The first-order valence-corrected chi connectivity index (χ1v) is 10.7. The zero-order valence-corrected chi connectivity index (χ0v) is 25.4. The molecule has 2 heterocycles. The number of ether oxygens (including phenoxy) is 1. The van der Waals surface area contributed by atoms with Crippen LogP contribution in [0, 0.1) is 3.57 Å². The summed E-state index contributed by atoms with van der Waals surface area (Å²) in [6.07, 6.45) is -5.21. The zero-order valence-electron chi connectivity index (χ0n) is 15.4. The van der Waals surface area contributed by atoms with E-state index in [9.17, 15) is 33.8 Å². The first kappa shape index (κ1) is 33.7. The summed E-state index contributed by atoms with van der Waals surface area (Å²) >= 11 is 1.62. The van der Waals surface area contributed by atoms with Crippen LogP contribution in [-0.2, 0) is 22.7 Å². The molecule has 5 atom stereocenters. The zero-order chi connectivity index (χ0) is 19.9. The van der Waals surface area contributed by atoms with Gasteiger partial charge in [-0.05, 0) is 22.6 Å². The molecule has 0 amide bonds. The van der Waals surface area contributed by atoms with E-state index in [-0.39, 0.29) is 92.2 Å². The van der Waals surface area contributed by atoms with Gasteiger partial charge in [0.1, 0.15) is 18.3 Å². The first-order chi connectivity index (χ1) is 11.8. The average Bonchev–Trinajstić information content (AvgIpc) is 2.75. The molecule has 0 aliphatic carbocycles. The van der Waals surface area contributed by atoms with Crippen molar-refractivity contribution in [2.45, 2.75) is 24.5 Å². The van der Waals surface area contributed by atoms with Crippen molar-refractivity contribution in [3.05, 3.63) is 30.6 Å². The van der Waals surface area contributed by atoms with Crippen LogP contribution < -0.4 is 11.2 Å². The number of phosphoric acid groups is 2. The molecule has 1 unspecified atom stereocenters. The third kappa shape index (κ3) is 9.74. The predicted octanol–water partition coefficient (Wildman–Crippen LogP) is -3.16. The van der Waals surface area contributed by atoms with Crippen LogP contribution in [0.1, 0.15) is 6.23 Å². The molecule has 1 saturated heterocycles. The predicted molar refractivity (Wildman–Crippen MR) is 106 cm³/mol. The van der Waals surface area contributed by atoms with E-state index in [0.29, 0.717) is 0 Å². The van der Waals surface area contributed by atoms with E-state index in [0.717, 1.165) is 10.8 Å². The van der Waals surface area contributed by atoms with E-state index in [1.165, 1.54) is 0 Å². The molecule has 1 fully saturated rings. The number of aliphatic hydroxyl groups is 2. The summed E-state index contributed by atoms with van der Waals surface area (Å²) in [5.74, 6) is 0. The molecule has 0 saturated carbocycles. The standard InChI is InChI=1S/C9H13IN2O12P2.3Na/c10-3-1-12(9(16)11-7(3)15)8-6(14)5(13)4(23-8)2-22-26(20,21)24-25(17,18)19;;;/h1,4-6,8,13-14H,2H2,(H,20,21)(H,11,15,16)(H2,17,18,19);;;/t4-,5-,6-,8-;;;/m1.../s1. The van der Waals surface area contributed by atoms with E-state index in [2.05, 4.69) is 8.83 Å². The quantitative estimate of drug-likeness (QED) is 0.109. The average molecular weight is 599 g/mol. The number of hydrogen-bond acceptors (Lipinski definition) is 9. The number of aromatic amines is 1. The Kier molecular flexibility index (Phi) is 15.6. The Morgan fingerprint density at radius 3 is 2.21 bits per heavy atom. The topological polar surface area (TPSA) is 218 Å². The second-order valence-corrected chi connectivity index (χ2v) is 9.02. The number of rotatable bonds is 6. The van der Waals surface area contributed by atoms with Crippen molar-refractivity contribution < 1.29 is 47.6 Å². The summed E-state index contributed by atoms with van der Waals surface area (Å²) in [5.41, 5.74) is -1.61.